The van der Waals surface area contributed by atoms with Crippen molar-refractivity contribution in [2.24, 2.45) is 0 Å². The van der Waals surface area contributed by atoms with Crippen molar-refractivity contribution < 1.29 is 9.53 Å². The first-order valence-electron chi connectivity index (χ1n) is 3.46. The monoisotopic (exact) mass is 210 g/mol. The van der Waals surface area contributed by atoms with Gasteiger partial charge in [-0.1, -0.05) is 20.3 Å². The summed E-state index contributed by atoms with van der Waals surface area (Å²) >= 11 is 0. The fourth-order valence-corrected chi connectivity index (χ4v) is 0.432. The lowest BCUT2D eigenvalue weighted by molar-refractivity contribution is -0.143. The maximum atomic E-state index is 10.5. The van der Waals surface area contributed by atoms with Gasteiger partial charge in [-0.25, -0.2) is 0 Å². The van der Waals surface area contributed by atoms with E-state index in [1.807, 2.05) is 0 Å². The van der Waals surface area contributed by atoms with Gasteiger partial charge in [-0.3, -0.25) is 4.79 Å². The van der Waals surface area contributed by atoms with Crippen LogP contribution in [-0.4, -0.2) is 12.6 Å². The largest absolute Gasteiger partial charge is 0.466 e. The second-order valence-corrected chi connectivity index (χ2v) is 1.93. The number of esters is 1. The molecule has 2 nitrogen and oxygen atoms in total. The molecule has 0 bridgehead atoms. The standard InChI is InChI=1S/C7H14O2.BrH/c1-3-5-6-9-7(8)4-2;/h3-6H2,1-2H3;1H. The summed E-state index contributed by atoms with van der Waals surface area (Å²) in [5, 5.41) is 0. The van der Waals surface area contributed by atoms with E-state index >= 15 is 0 Å². The van der Waals surface area contributed by atoms with Gasteiger partial charge in [0.05, 0.1) is 6.61 Å². The van der Waals surface area contributed by atoms with Crippen molar-refractivity contribution in [2.45, 2.75) is 33.1 Å². The fraction of sp³-hybridized carbons (Fsp3) is 0.857. The molecule has 0 spiro atoms. The van der Waals surface area contributed by atoms with E-state index in [1.165, 1.54) is 0 Å². The van der Waals surface area contributed by atoms with Crippen molar-refractivity contribution in [3.8, 4) is 0 Å². The molecule has 0 aliphatic rings. The van der Waals surface area contributed by atoms with Crippen LogP contribution in [0.25, 0.3) is 0 Å². The van der Waals surface area contributed by atoms with E-state index in [4.69, 9.17) is 4.74 Å². The number of ether oxygens (including phenoxy) is 1. The number of hydrogen-bond donors (Lipinski definition) is 0. The summed E-state index contributed by atoms with van der Waals surface area (Å²) in [6, 6.07) is 0. The van der Waals surface area contributed by atoms with E-state index in [0.29, 0.717) is 13.0 Å². The SMILES string of the molecule is Br.CCCCOC(=O)CC. The Labute approximate surface area is 72.7 Å². The Kier molecular flexibility index (Phi) is 11.3. The van der Waals surface area contributed by atoms with Crippen molar-refractivity contribution in [1.29, 1.82) is 0 Å². The Balaban J connectivity index is 0. The minimum atomic E-state index is -0.0940. The molecule has 0 unspecified atom stereocenters. The van der Waals surface area contributed by atoms with Crippen LogP contribution in [0.3, 0.4) is 0 Å². The number of hydrogen-bond acceptors (Lipinski definition) is 2. The first kappa shape index (κ1) is 12.6. The molecule has 0 heterocycles. The normalized spacial score (nSPS) is 8.20. The molecular weight excluding hydrogens is 196 g/mol. The van der Waals surface area contributed by atoms with E-state index in [-0.39, 0.29) is 23.0 Å². The van der Waals surface area contributed by atoms with E-state index in [9.17, 15) is 4.79 Å². The maximum absolute atomic E-state index is 10.5. The van der Waals surface area contributed by atoms with Gasteiger partial charge in [0.1, 0.15) is 0 Å². The molecule has 62 valence electrons. The highest BCUT2D eigenvalue weighted by atomic mass is 79.9. The van der Waals surface area contributed by atoms with E-state index in [1.54, 1.807) is 6.92 Å². The number of carbonyl (C=O) groups is 1. The Morgan fingerprint density at radius 3 is 2.40 bits per heavy atom. The van der Waals surface area contributed by atoms with Gasteiger partial charge in [0, 0.05) is 6.42 Å². The lowest BCUT2D eigenvalue weighted by Gasteiger charge is -1.99. The molecule has 0 radical (unpaired) electrons. The molecular formula is C7H15BrO2. The van der Waals surface area contributed by atoms with Crippen LogP contribution in [0.2, 0.25) is 0 Å². The first-order chi connectivity index (χ1) is 4.31. The zero-order chi connectivity index (χ0) is 7.11. The third-order valence-electron chi connectivity index (χ3n) is 1.05. The van der Waals surface area contributed by atoms with Crippen LogP contribution in [0.4, 0.5) is 0 Å². The number of rotatable bonds is 4. The lowest BCUT2D eigenvalue weighted by atomic mass is 10.4. The predicted molar refractivity (Wildman–Crippen MR) is 46.5 cm³/mol. The Hall–Kier alpha value is -0.0500. The van der Waals surface area contributed by atoms with Crippen LogP contribution in [0.15, 0.2) is 0 Å². The molecule has 0 aromatic carbocycles. The maximum Gasteiger partial charge on any atom is 0.305 e. The molecule has 0 saturated heterocycles. The molecule has 0 aromatic heterocycles. The molecule has 10 heavy (non-hydrogen) atoms. The predicted octanol–water partition coefficient (Wildman–Crippen LogP) is 2.32. The third-order valence-corrected chi connectivity index (χ3v) is 1.05. The second-order valence-electron chi connectivity index (χ2n) is 1.93. The topological polar surface area (TPSA) is 26.3 Å². The van der Waals surface area contributed by atoms with Crippen LogP contribution in [-0.2, 0) is 9.53 Å². The molecule has 0 aliphatic heterocycles. The van der Waals surface area contributed by atoms with Crippen LogP contribution in [0, 0.1) is 0 Å². The number of halogens is 1. The minimum Gasteiger partial charge on any atom is -0.466 e. The van der Waals surface area contributed by atoms with Crippen molar-refractivity contribution >= 4 is 23.0 Å². The summed E-state index contributed by atoms with van der Waals surface area (Å²) in [4.78, 5) is 10.5. The average molecular weight is 211 g/mol. The van der Waals surface area contributed by atoms with Gasteiger partial charge in [-0.05, 0) is 6.42 Å². The highest BCUT2D eigenvalue weighted by molar-refractivity contribution is 8.93. The summed E-state index contributed by atoms with van der Waals surface area (Å²) < 4.78 is 4.79. The summed E-state index contributed by atoms with van der Waals surface area (Å²) in [7, 11) is 0. The molecule has 0 amide bonds. The van der Waals surface area contributed by atoms with Gasteiger partial charge in [0.25, 0.3) is 0 Å². The van der Waals surface area contributed by atoms with E-state index < -0.39 is 0 Å². The molecule has 0 fully saturated rings. The van der Waals surface area contributed by atoms with Crippen LogP contribution in [0.1, 0.15) is 33.1 Å². The highest BCUT2D eigenvalue weighted by Crippen LogP contribution is 1.90. The summed E-state index contributed by atoms with van der Waals surface area (Å²) in [6.07, 6.45) is 2.55. The Morgan fingerprint density at radius 1 is 1.40 bits per heavy atom. The highest BCUT2D eigenvalue weighted by Gasteiger charge is 1.94. The molecule has 3 heteroatoms. The number of unbranched alkanes of at least 4 members (excludes halogenated alkanes) is 1. The number of carbonyl (C=O) groups excluding carboxylic acids is 1. The van der Waals surface area contributed by atoms with Crippen molar-refractivity contribution in [3.63, 3.8) is 0 Å². The van der Waals surface area contributed by atoms with Crippen LogP contribution in [0.5, 0.6) is 0 Å². The fourth-order valence-electron chi connectivity index (χ4n) is 0.432. The second kappa shape index (κ2) is 8.95. The molecule has 0 atom stereocenters. The molecule has 0 saturated carbocycles. The van der Waals surface area contributed by atoms with Gasteiger partial charge in [-0.2, -0.15) is 0 Å². The van der Waals surface area contributed by atoms with Gasteiger partial charge >= 0.3 is 5.97 Å². The summed E-state index contributed by atoms with van der Waals surface area (Å²) in [6.45, 7) is 4.46. The van der Waals surface area contributed by atoms with E-state index in [0.717, 1.165) is 12.8 Å². The molecule has 0 N–H and O–H groups in total. The first-order valence-corrected chi connectivity index (χ1v) is 3.46. The minimum absolute atomic E-state index is 0. The molecule has 0 aromatic rings. The van der Waals surface area contributed by atoms with Crippen molar-refractivity contribution in [3.05, 3.63) is 0 Å². The third kappa shape index (κ3) is 7.95. The van der Waals surface area contributed by atoms with Gasteiger partial charge in [0.15, 0.2) is 0 Å². The summed E-state index contributed by atoms with van der Waals surface area (Å²) in [5.41, 5.74) is 0. The van der Waals surface area contributed by atoms with Gasteiger partial charge < -0.3 is 4.74 Å². The quantitative estimate of drug-likeness (QED) is 0.526. The molecule has 0 aliphatic carbocycles. The van der Waals surface area contributed by atoms with Crippen LogP contribution >= 0.6 is 17.0 Å². The van der Waals surface area contributed by atoms with Crippen molar-refractivity contribution in [2.75, 3.05) is 6.61 Å². The smallest absolute Gasteiger partial charge is 0.305 e. The van der Waals surface area contributed by atoms with Gasteiger partial charge in [0.2, 0.25) is 0 Å². The zero-order valence-electron chi connectivity index (χ0n) is 6.55. The lowest BCUT2D eigenvalue weighted by Crippen LogP contribution is -2.02. The Morgan fingerprint density at radius 2 is 2.00 bits per heavy atom. The summed E-state index contributed by atoms with van der Waals surface area (Å²) in [5.74, 6) is -0.0940. The Bertz CT molecular complexity index is 83.7. The van der Waals surface area contributed by atoms with Gasteiger partial charge in [-0.15, -0.1) is 17.0 Å². The zero-order valence-corrected chi connectivity index (χ0v) is 8.27. The molecule has 0 rings (SSSR count). The van der Waals surface area contributed by atoms with Crippen molar-refractivity contribution in [1.82, 2.24) is 0 Å². The average Bonchev–Trinajstić information content (AvgIpc) is 1.89. The van der Waals surface area contributed by atoms with E-state index in [2.05, 4.69) is 6.92 Å². The van der Waals surface area contributed by atoms with Crippen LogP contribution < -0.4 is 0 Å².